The first kappa shape index (κ1) is 82.3. The number of hydrogen-bond donors (Lipinski definition) is 3. The molecule has 6 nitrogen and oxygen atoms in total. The molecule has 6 heteroatoms. The van der Waals surface area contributed by atoms with Gasteiger partial charge in [0.1, 0.15) is 0 Å². The summed E-state index contributed by atoms with van der Waals surface area (Å²) in [5.74, 6) is -0.0160. The zero-order valence-electron chi connectivity index (χ0n) is 57.2. The second kappa shape index (κ2) is 73.8. The molecule has 0 aromatic heterocycles. The van der Waals surface area contributed by atoms with Gasteiger partial charge in [-0.2, -0.15) is 0 Å². The maximum absolute atomic E-state index is 12.5. The van der Waals surface area contributed by atoms with E-state index in [0.29, 0.717) is 25.9 Å². The number of amides is 1. The minimum Gasteiger partial charge on any atom is -0.466 e. The molecule has 0 radical (unpaired) electrons. The van der Waals surface area contributed by atoms with Crippen LogP contribution in [0.15, 0.2) is 24.3 Å². The molecule has 498 valence electrons. The molecule has 0 spiro atoms. The van der Waals surface area contributed by atoms with Gasteiger partial charge >= 0.3 is 5.97 Å². The molecule has 0 aliphatic rings. The maximum Gasteiger partial charge on any atom is 0.305 e. The van der Waals surface area contributed by atoms with E-state index < -0.39 is 12.1 Å². The van der Waals surface area contributed by atoms with E-state index in [0.717, 1.165) is 44.9 Å². The monoisotopic (exact) mass is 1180 g/mol. The van der Waals surface area contributed by atoms with E-state index in [1.807, 2.05) is 0 Å². The van der Waals surface area contributed by atoms with Crippen LogP contribution in [0.4, 0.5) is 0 Å². The van der Waals surface area contributed by atoms with Crippen LogP contribution in [0.1, 0.15) is 438 Å². The third-order valence-corrected chi connectivity index (χ3v) is 18.2. The standard InChI is InChI=1S/C78H151NO5/c1-3-5-7-9-11-13-15-17-19-21-36-39-42-46-50-54-58-62-66-70-76(81)75(74-80)79-77(82)71-67-63-59-55-51-47-43-40-37-34-32-30-28-26-24-22-23-25-27-29-31-33-35-38-41-45-49-53-57-61-65-69-73-84-78(83)72-68-64-60-56-52-48-44-20-18-16-14-12-10-8-6-4-2/h20,25,27,44,75-76,80-81H,3-19,21-24,26,28-43,45-74H2,1-2H3,(H,79,82)/b27-25-,44-20-. The summed E-state index contributed by atoms with van der Waals surface area (Å²) in [5, 5.41) is 23.4. The van der Waals surface area contributed by atoms with Gasteiger partial charge in [0.2, 0.25) is 5.91 Å². The molecule has 0 heterocycles. The molecular weight excluding hydrogens is 1030 g/mol. The van der Waals surface area contributed by atoms with E-state index in [2.05, 4.69) is 43.5 Å². The summed E-state index contributed by atoms with van der Waals surface area (Å²) in [7, 11) is 0. The van der Waals surface area contributed by atoms with Crippen molar-refractivity contribution in [2.75, 3.05) is 13.2 Å². The summed E-state index contributed by atoms with van der Waals surface area (Å²) in [4.78, 5) is 24.6. The molecule has 0 bridgehead atoms. The van der Waals surface area contributed by atoms with Crippen LogP contribution in [0.25, 0.3) is 0 Å². The Morgan fingerprint density at radius 2 is 0.560 bits per heavy atom. The Kier molecular flexibility index (Phi) is 72.3. The van der Waals surface area contributed by atoms with Crippen LogP contribution < -0.4 is 5.32 Å². The van der Waals surface area contributed by atoms with E-state index in [9.17, 15) is 19.8 Å². The summed E-state index contributed by atoms with van der Waals surface area (Å²) in [6.45, 7) is 4.99. The van der Waals surface area contributed by atoms with E-state index in [1.165, 1.54) is 360 Å². The molecule has 2 unspecified atom stereocenters. The van der Waals surface area contributed by atoms with Crippen LogP contribution in [-0.2, 0) is 14.3 Å². The minimum atomic E-state index is -0.663. The lowest BCUT2D eigenvalue weighted by Crippen LogP contribution is -2.45. The number of hydrogen-bond acceptors (Lipinski definition) is 5. The van der Waals surface area contributed by atoms with Crippen molar-refractivity contribution in [3.63, 3.8) is 0 Å². The average molecular weight is 1180 g/mol. The molecule has 1 amide bonds. The number of allylic oxidation sites excluding steroid dienone is 4. The number of unbranched alkanes of at least 4 members (excludes halogenated alkanes) is 58. The lowest BCUT2D eigenvalue weighted by molar-refractivity contribution is -0.143. The van der Waals surface area contributed by atoms with Crippen molar-refractivity contribution in [2.45, 2.75) is 450 Å². The molecule has 0 aromatic rings. The van der Waals surface area contributed by atoms with Gasteiger partial charge in [0, 0.05) is 12.8 Å². The highest BCUT2D eigenvalue weighted by Crippen LogP contribution is 2.20. The van der Waals surface area contributed by atoms with Gasteiger partial charge in [-0.3, -0.25) is 9.59 Å². The highest BCUT2D eigenvalue weighted by Gasteiger charge is 2.20. The molecule has 0 rings (SSSR count). The third-order valence-electron chi connectivity index (χ3n) is 18.2. The van der Waals surface area contributed by atoms with Crippen molar-refractivity contribution in [3.05, 3.63) is 24.3 Å². The van der Waals surface area contributed by atoms with Crippen LogP contribution in [-0.4, -0.2) is 47.4 Å². The molecule has 0 aromatic carbocycles. The number of aliphatic hydroxyl groups excluding tert-OH is 2. The third kappa shape index (κ3) is 69.4. The lowest BCUT2D eigenvalue weighted by Gasteiger charge is -2.22. The van der Waals surface area contributed by atoms with Gasteiger partial charge in [-0.1, -0.05) is 372 Å². The molecular formula is C78H151NO5. The second-order valence-electron chi connectivity index (χ2n) is 26.7. The molecule has 84 heavy (non-hydrogen) atoms. The Bertz CT molecular complexity index is 1320. The first-order valence-electron chi connectivity index (χ1n) is 38.6. The van der Waals surface area contributed by atoms with Crippen molar-refractivity contribution < 1.29 is 24.5 Å². The number of carbonyl (C=O) groups excluding carboxylic acids is 2. The van der Waals surface area contributed by atoms with Crippen LogP contribution >= 0.6 is 0 Å². The SMILES string of the molecule is CCCCCCCCC/C=C\CCCCCCCC(=O)OCCCCCCCCCCCCCC/C=C\CCCCCCCCCCCCCCCCCCC(=O)NC(CO)C(O)CCCCCCCCCCCCCCCCCCCCC. The van der Waals surface area contributed by atoms with Crippen molar-refractivity contribution in [2.24, 2.45) is 0 Å². The number of rotatable bonds is 73. The number of nitrogens with one attached hydrogen (secondary N) is 1. The van der Waals surface area contributed by atoms with Crippen molar-refractivity contribution >= 4 is 11.9 Å². The predicted molar refractivity (Wildman–Crippen MR) is 370 cm³/mol. The van der Waals surface area contributed by atoms with E-state index in [4.69, 9.17) is 4.74 Å². The molecule has 0 aliphatic carbocycles. The summed E-state index contributed by atoms with van der Waals surface area (Å²) in [6.07, 6.45) is 94.0. The number of esters is 1. The average Bonchev–Trinajstić information content (AvgIpc) is 3.53. The minimum absolute atomic E-state index is 0.0117. The normalized spacial score (nSPS) is 12.6. The predicted octanol–water partition coefficient (Wildman–Crippen LogP) is 25.3. The summed E-state index contributed by atoms with van der Waals surface area (Å²) in [5.41, 5.74) is 0. The Labute approximate surface area is 526 Å². The quantitative estimate of drug-likeness (QED) is 0.0320. The van der Waals surface area contributed by atoms with E-state index >= 15 is 0 Å². The summed E-state index contributed by atoms with van der Waals surface area (Å²) in [6, 6.07) is -0.540. The van der Waals surface area contributed by atoms with Gasteiger partial charge in [0.05, 0.1) is 25.4 Å². The number of ether oxygens (including phenoxy) is 1. The highest BCUT2D eigenvalue weighted by atomic mass is 16.5. The topological polar surface area (TPSA) is 95.9 Å². The smallest absolute Gasteiger partial charge is 0.305 e. The Hall–Kier alpha value is -1.66. The summed E-state index contributed by atoms with van der Waals surface area (Å²) < 4.78 is 5.50. The first-order chi connectivity index (χ1) is 41.5. The molecule has 0 saturated carbocycles. The maximum atomic E-state index is 12.5. The zero-order valence-corrected chi connectivity index (χ0v) is 57.2. The fourth-order valence-corrected chi connectivity index (χ4v) is 12.3. The van der Waals surface area contributed by atoms with Crippen LogP contribution in [0, 0.1) is 0 Å². The van der Waals surface area contributed by atoms with Crippen LogP contribution in [0.2, 0.25) is 0 Å². The van der Waals surface area contributed by atoms with Gasteiger partial charge in [0.15, 0.2) is 0 Å². The van der Waals surface area contributed by atoms with Gasteiger partial charge < -0.3 is 20.3 Å². The van der Waals surface area contributed by atoms with Gasteiger partial charge in [-0.25, -0.2) is 0 Å². The van der Waals surface area contributed by atoms with Crippen molar-refractivity contribution in [1.29, 1.82) is 0 Å². The van der Waals surface area contributed by atoms with Gasteiger partial charge in [0.25, 0.3) is 0 Å². The Morgan fingerprint density at radius 3 is 0.845 bits per heavy atom. The fraction of sp³-hybridized carbons (Fsp3) is 0.923. The molecule has 0 fully saturated rings. The molecule has 0 saturated heterocycles. The van der Waals surface area contributed by atoms with Crippen molar-refractivity contribution in [3.8, 4) is 0 Å². The van der Waals surface area contributed by atoms with Crippen molar-refractivity contribution in [1.82, 2.24) is 5.32 Å². The number of aliphatic hydroxyl groups is 2. The lowest BCUT2D eigenvalue weighted by atomic mass is 10.0. The highest BCUT2D eigenvalue weighted by molar-refractivity contribution is 5.76. The van der Waals surface area contributed by atoms with Gasteiger partial charge in [-0.15, -0.1) is 0 Å². The van der Waals surface area contributed by atoms with Crippen LogP contribution in [0.3, 0.4) is 0 Å². The van der Waals surface area contributed by atoms with Gasteiger partial charge in [-0.05, 0) is 77.0 Å². The number of carbonyl (C=O) groups is 2. The summed E-state index contributed by atoms with van der Waals surface area (Å²) >= 11 is 0. The Balaban J connectivity index is 3.35. The molecule has 0 aliphatic heterocycles. The van der Waals surface area contributed by atoms with E-state index in [-0.39, 0.29) is 18.5 Å². The second-order valence-corrected chi connectivity index (χ2v) is 26.7. The fourth-order valence-electron chi connectivity index (χ4n) is 12.3. The zero-order chi connectivity index (χ0) is 60.6. The van der Waals surface area contributed by atoms with E-state index in [1.54, 1.807) is 0 Å². The largest absolute Gasteiger partial charge is 0.466 e. The first-order valence-corrected chi connectivity index (χ1v) is 38.6. The Morgan fingerprint density at radius 1 is 0.321 bits per heavy atom. The molecule has 3 N–H and O–H groups in total. The van der Waals surface area contributed by atoms with Crippen LogP contribution in [0.5, 0.6) is 0 Å². The molecule has 2 atom stereocenters.